The molecule has 8 heteroatoms. The molecule has 7 nitrogen and oxygen atoms in total. The van der Waals surface area contributed by atoms with E-state index in [-0.39, 0.29) is 17.7 Å². The Morgan fingerprint density at radius 1 is 1.12 bits per heavy atom. The number of amides is 1. The smallest absolute Gasteiger partial charge is 0.277 e. The van der Waals surface area contributed by atoms with Gasteiger partial charge < -0.3 is 19.2 Å². The summed E-state index contributed by atoms with van der Waals surface area (Å²) in [5.41, 5.74) is 1.04. The molecular formula is C24H31N3O4S. The van der Waals surface area contributed by atoms with Crippen molar-refractivity contribution in [3.63, 3.8) is 0 Å². The van der Waals surface area contributed by atoms with Gasteiger partial charge in [0.2, 0.25) is 11.8 Å². The van der Waals surface area contributed by atoms with Gasteiger partial charge in [0, 0.05) is 11.6 Å². The summed E-state index contributed by atoms with van der Waals surface area (Å²) < 4.78 is 16.4. The van der Waals surface area contributed by atoms with Gasteiger partial charge in [-0.25, -0.2) is 0 Å². The number of nitrogens with one attached hydrogen (secondary N) is 1. The van der Waals surface area contributed by atoms with Gasteiger partial charge in [-0.3, -0.25) is 4.79 Å². The highest BCUT2D eigenvalue weighted by Crippen LogP contribution is 2.61. The minimum atomic E-state index is 0.0316. The molecule has 4 fully saturated rings. The highest BCUT2D eigenvalue weighted by atomic mass is 32.2. The predicted octanol–water partition coefficient (Wildman–Crippen LogP) is 4.57. The number of carbonyl (C=O) groups is 1. The molecule has 32 heavy (non-hydrogen) atoms. The first-order valence-corrected chi connectivity index (χ1v) is 12.4. The number of nitrogens with zero attached hydrogens (tertiary/aromatic N) is 2. The molecular weight excluding hydrogens is 426 g/mol. The number of carbonyl (C=O) groups excluding carboxylic acids is 1. The van der Waals surface area contributed by atoms with E-state index in [9.17, 15) is 4.79 Å². The molecule has 1 aromatic heterocycles. The summed E-state index contributed by atoms with van der Waals surface area (Å²) in [6.07, 6.45) is 8.09. The topological polar surface area (TPSA) is 86.5 Å². The Hall–Kier alpha value is -2.22. The average Bonchev–Trinajstić information content (AvgIpc) is 3.25. The van der Waals surface area contributed by atoms with Crippen LogP contribution in [0.4, 0.5) is 0 Å². The monoisotopic (exact) mass is 457 g/mol. The molecule has 4 aliphatic carbocycles. The first-order chi connectivity index (χ1) is 15.5. The first kappa shape index (κ1) is 21.6. The summed E-state index contributed by atoms with van der Waals surface area (Å²) in [7, 11) is 3.17. The Morgan fingerprint density at radius 3 is 2.41 bits per heavy atom. The van der Waals surface area contributed by atoms with Gasteiger partial charge in [-0.05, 0) is 86.8 Å². The van der Waals surface area contributed by atoms with E-state index in [1.807, 2.05) is 6.07 Å². The maximum absolute atomic E-state index is 12.7. The van der Waals surface area contributed by atoms with Crippen molar-refractivity contribution in [3.05, 3.63) is 18.2 Å². The van der Waals surface area contributed by atoms with E-state index >= 15 is 0 Å². The van der Waals surface area contributed by atoms with Crippen molar-refractivity contribution in [2.24, 2.45) is 23.2 Å². The van der Waals surface area contributed by atoms with Gasteiger partial charge in [-0.2, -0.15) is 0 Å². The van der Waals surface area contributed by atoms with Crippen molar-refractivity contribution in [3.8, 4) is 23.0 Å². The number of thioether (sulfide) groups is 1. The minimum Gasteiger partial charge on any atom is -0.493 e. The molecule has 6 rings (SSSR count). The molecule has 4 saturated carbocycles. The van der Waals surface area contributed by atoms with Gasteiger partial charge in [0.25, 0.3) is 5.22 Å². The first-order valence-electron chi connectivity index (χ1n) is 11.5. The van der Waals surface area contributed by atoms with Crippen LogP contribution in [0.1, 0.15) is 45.4 Å². The van der Waals surface area contributed by atoms with Crippen LogP contribution in [-0.2, 0) is 4.79 Å². The highest BCUT2D eigenvalue weighted by molar-refractivity contribution is 7.99. The summed E-state index contributed by atoms with van der Waals surface area (Å²) in [6.45, 7) is 2.21. The van der Waals surface area contributed by atoms with Gasteiger partial charge in [-0.15, -0.1) is 10.2 Å². The lowest BCUT2D eigenvalue weighted by molar-refractivity contribution is -0.123. The second-order valence-corrected chi connectivity index (χ2v) is 10.7. The number of hydrogen-bond donors (Lipinski definition) is 1. The van der Waals surface area contributed by atoms with Crippen LogP contribution in [0.2, 0.25) is 0 Å². The second-order valence-electron chi connectivity index (χ2n) is 9.80. The third kappa shape index (κ3) is 4.09. The Labute approximate surface area is 193 Å². The largest absolute Gasteiger partial charge is 0.493 e. The van der Waals surface area contributed by atoms with Gasteiger partial charge in [0.15, 0.2) is 11.5 Å². The van der Waals surface area contributed by atoms with E-state index in [0.29, 0.717) is 28.0 Å². The van der Waals surface area contributed by atoms with Crippen LogP contribution >= 0.6 is 11.8 Å². The van der Waals surface area contributed by atoms with Crippen LogP contribution in [-0.4, -0.2) is 42.1 Å². The van der Waals surface area contributed by atoms with Crippen molar-refractivity contribution in [2.45, 2.75) is 56.7 Å². The van der Waals surface area contributed by atoms with E-state index < -0.39 is 0 Å². The van der Waals surface area contributed by atoms with Crippen molar-refractivity contribution in [2.75, 3.05) is 20.0 Å². The summed E-state index contributed by atoms with van der Waals surface area (Å²) in [5.74, 6) is 4.55. The molecule has 172 valence electrons. The lowest BCUT2D eigenvalue weighted by Gasteiger charge is -2.59. The van der Waals surface area contributed by atoms with Gasteiger partial charge in [-0.1, -0.05) is 11.8 Å². The summed E-state index contributed by atoms with van der Waals surface area (Å²) >= 11 is 1.27. The SMILES string of the molecule is COc1ccc(-c2nnc(SCC(=O)N[C@H](C)C34CC5CC(CC(C5)C3)C4)o2)cc1OC. The summed E-state index contributed by atoms with van der Waals surface area (Å²) in [5, 5.41) is 11.9. The second kappa shape index (κ2) is 8.61. The van der Waals surface area contributed by atoms with Gasteiger partial charge in [0.05, 0.1) is 20.0 Å². The molecule has 1 aromatic carbocycles. The van der Waals surface area contributed by atoms with Crippen LogP contribution in [0, 0.1) is 23.2 Å². The third-order valence-electron chi connectivity index (χ3n) is 7.75. The fraction of sp³-hybridized carbons (Fsp3) is 0.625. The Kier molecular flexibility index (Phi) is 5.82. The maximum Gasteiger partial charge on any atom is 0.277 e. The highest BCUT2D eigenvalue weighted by Gasteiger charge is 2.53. The lowest BCUT2D eigenvalue weighted by atomic mass is 9.48. The van der Waals surface area contributed by atoms with E-state index in [1.54, 1.807) is 26.4 Å². The Balaban J connectivity index is 1.17. The Morgan fingerprint density at radius 2 is 1.78 bits per heavy atom. The zero-order valence-corrected chi connectivity index (χ0v) is 19.7. The number of methoxy groups -OCH3 is 2. The molecule has 0 spiro atoms. The molecule has 2 aromatic rings. The van der Waals surface area contributed by atoms with E-state index in [2.05, 4.69) is 22.4 Å². The number of aromatic nitrogens is 2. The van der Waals surface area contributed by atoms with E-state index in [0.717, 1.165) is 23.3 Å². The molecule has 1 atom stereocenters. The third-order valence-corrected chi connectivity index (χ3v) is 8.56. The van der Waals surface area contributed by atoms with Gasteiger partial charge in [0.1, 0.15) is 0 Å². The van der Waals surface area contributed by atoms with Crippen molar-refractivity contribution in [1.29, 1.82) is 0 Å². The molecule has 4 aliphatic rings. The number of ether oxygens (including phenoxy) is 2. The quantitative estimate of drug-likeness (QED) is 0.581. The standard InChI is InChI=1S/C24H31N3O4S/c1-14(24-10-15-6-16(11-24)8-17(7-15)12-24)25-21(28)13-32-23-27-26-22(31-23)18-4-5-19(29-2)20(9-18)30-3/h4-5,9,14-17H,6-8,10-13H2,1-3H3,(H,25,28)/t14-,15?,16?,17?,24?/m1/s1. The molecule has 0 unspecified atom stereocenters. The number of benzene rings is 1. The molecule has 0 saturated heterocycles. The van der Waals surface area contributed by atoms with Crippen LogP contribution in [0.15, 0.2) is 27.8 Å². The summed E-state index contributed by atoms with van der Waals surface area (Å²) in [4.78, 5) is 12.7. The normalized spacial score (nSPS) is 29.0. The van der Waals surface area contributed by atoms with Crippen LogP contribution in [0.3, 0.4) is 0 Å². The minimum absolute atomic E-state index is 0.0316. The number of rotatable bonds is 8. The molecule has 4 bridgehead atoms. The lowest BCUT2D eigenvalue weighted by Crippen LogP contribution is -2.56. The maximum atomic E-state index is 12.7. The molecule has 1 heterocycles. The van der Waals surface area contributed by atoms with Crippen LogP contribution in [0.5, 0.6) is 11.5 Å². The van der Waals surface area contributed by atoms with Gasteiger partial charge >= 0.3 is 0 Å². The predicted molar refractivity (Wildman–Crippen MR) is 122 cm³/mol. The van der Waals surface area contributed by atoms with Crippen molar-refractivity contribution >= 4 is 17.7 Å². The van der Waals surface area contributed by atoms with E-state index in [4.69, 9.17) is 13.9 Å². The molecule has 1 N–H and O–H groups in total. The zero-order valence-electron chi connectivity index (χ0n) is 18.9. The van der Waals surface area contributed by atoms with E-state index in [1.165, 1.54) is 50.3 Å². The van der Waals surface area contributed by atoms with Crippen molar-refractivity contribution in [1.82, 2.24) is 15.5 Å². The molecule has 0 aliphatic heterocycles. The molecule has 0 radical (unpaired) electrons. The fourth-order valence-electron chi connectivity index (χ4n) is 6.63. The zero-order chi connectivity index (χ0) is 22.3. The van der Waals surface area contributed by atoms with Crippen LogP contribution in [0.25, 0.3) is 11.5 Å². The summed E-state index contributed by atoms with van der Waals surface area (Å²) in [6, 6.07) is 5.64. The molecule has 1 amide bonds. The average molecular weight is 458 g/mol. The number of hydrogen-bond acceptors (Lipinski definition) is 7. The Bertz CT molecular complexity index is 956. The van der Waals surface area contributed by atoms with Crippen LogP contribution < -0.4 is 14.8 Å². The fourth-order valence-corrected chi connectivity index (χ4v) is 7.20. The van der Waals surface area contributed by atoms with Crippen molar-refractivity contribution < 1.29 is 18.7 Å².